The van der Waals surface area contributed by atoms with Crippen LogP contribution in [0.3, 0.4) is 0 Å². The van der Waals surface area contributed by atoms with Crippen LogP contribution in [0.15, 0.2) is 42.2 Å². The lowest BCUT2D eigenvalue weighted by Crippen LogP contribution is -2.29. The van der Waals surface area contributed by atoms with Crippen LogP contribution in [-0.4, -0.2) is 33.9 Å². The van der Waals surface area contributed by atoms with E-state index in [4.69, 9.17) is 0 Å². The zero-order chi connectivity index (χ0) is 15.1. The third kappa shape index (κ3) is 2.19. The number of carbonyl (C=O) groups is 1. The summed E-state index contributed by atoms with van der Waals surface area (Å²) < 4.78 is 0. The predicted octanol–water partition coefficient (Wildman–Crippen LogP) is 3.06. The molecule has 4 rings (SSSR count). The molecule has 1 saturated heterocycles. The topological polar surface area (TPSA) is 46.1 Å². The number of para-hydroxylation sites is 1. The molecule has 1 aromatic carbocycles. The van der Waals surface area contributed by atoms with E-state index in [2.05, 4.69) is 23.0 Å². The van der Waals surface area contributed by atoms with Gasteiger partial charge in [-0.15, -0.1) is 0 Å². The van der Waals surface area contributed by atoms with E-state index in [0.29, 0.717) is 22.9 Å². The van der Waals surface area contributed by atoms with E-state index in [-0.39, 0.29) is 5.91 Å². The maximum atomic E-state index is 12.9. The van der Waals surface area contributed by atoms with Gasteiger partial charge in [0.1, 0.15) is 5.52 Å². The molecule has 2 aliphatic rings. The quantitative estimate of drug-likeness (QED) is 0.759. The van der Waals surface area contributed by atoms with Gasteiger partial charge in [0.15, 0.2) is 0 Å². The van der Waals surface area contributed by atoms with E-state index < -0.39 is 0 Å². The van der Waals surface area contributed by atoms with Crippen molar-refractivity contribution in [2.24, 2.45) is 11.8 Å². The second-order valence-electron chi connectivity index (χ2n) is 6.45. The van der Waals surface area contributed by atoms with Crippen molar-refractivity contribution in [3.63, 3.8) is 0 Å². The summed E-state index contributed by atoms with van der Waals surface area (Å²) in [5.41, 5.74) is 3.63. The minimum absolute atomic E-state index is 0.0955. The number of hydrogen-bond donors (Lipinski definition) is 0. The highest BCUT2D eigenvalue weighted by molar-refractivity contribution is 6.04. The zero-order valence-electron chi connectivity index (χ0n) is 12.7. The molecule has 0 bridgehead atoms. The Morgan fingerprint density at radius 1 is 1.18 bits per heavy atom. The van der Waals surface area contributed by atoms with Gasteiger partial charge in [0, 0.05) is 25.5 Å². The zero-order valence-corrected chi connectivity index (χ0v) is 12.7. The van der Waals surface area contributed by atoms with E-state index in [1.807, 2.05) is 23.1 Å². The minimum Gasteiger partial charge on any atom is -0.338 e. The number of likely N-dealkylation sites (tertiary alicyclic amines) is 1. The van der Waals surface area contributed by atoms with Gasteiger partial charge in [0.25, 0.3) is 5.91 Å². The van der Waals surface area contributed by atoms with E-state index in [9.17, 15) is 4.79 Å². The van der Waals surface area contributed by atoms with Gasteiger partial charge < -0.3 is 4.90 Å². The summed E-state index contributed by atoms with van der Waals surface area (Å²) in [6.07, 6.45) is 7.88. The fourth-order valence-corrected chi connectivity index (χ4v) is 3.79. The molecular formula is C18H19N3O. The first kappa shape index (κ1) is 13.4. The van der Waals surface area contributed by atoms with Crippen LogP contribution in [0.25, 0.3) is 11.0 Å². The highest BCUT2D eigenvalue weighted by atomic mass is 16.2. The molecule has 0 unspecified atom stereocenters. The smallest absolute Gasteiger partial charge is 0.256 e. The van der Waals surface area contributed by atoms with Gasteiger partial charge in [0.2, 0.25) is 0 Å². The minimum atomic E-state index is 0.0955. The van der Waals surface area contributed by atoms with Gasteiger partial charge in [-0.25, -0.2) is 0 Å². The molecule has 1 aliphatic carbocycles. The lowest BCUT2D eigenvalue weighted by atomic mass is 9.83. The van der Waals surface area contributed by atoms with Gasteiger partial charge in [-0.1, -0.05) is 17.7 Å². The first-order valence-corrected chi connectivity index (χ1v) is 7.87. The molecule has 2 heterocycles. The van der Waals surface area contributed by atoms with E-state index in [1.165, 1.54) is 5.57 Å². The van der Waals surface area contributed by atoms with Crippen molar-refractivity contribution in [2.75, 3.05) is 13.1 Å². The summed E-state index contributed by atoms with van der Waals surface area (Å²) >= 11 is 0. The number of rotatable bonds is 1. The Kier molecular flexibility index (Phi) is 3.17. The first-order chi connectivity index (χ1) is 10.7. The highest BCUT2D eigenvalue weighted by Crippen LogP contribution is 2.36. The molecule has 1 aromatic heterocycles. The average molecular weight is 293 g/mol. The van der Waals surface area contributed by atoms with Crippen LogP contribution >= 0.6 is 0 Å². The standard InChI is InChI=1S/C18H19N3O/c1-12-5-6-13-10-21(11-14(13)9-12)18(22)15-3-2-4-16-17(15)20-8-7-19-16/h2-5,7-8,13-14H,6,9-11H2,1H3/t13-,14+/m1/s1. The molecule has 2 aromatic rings. The molecule has 0 spiro atoms. The first-order valence-electron chi connectivity index (χ1n) is 7.87. The normalized spacial score (nSPS) is 24.2. The number of amides is 1. The van der Waals surface area contributed by atoms with Crippen LogP contribution in [0.5, 0.6) is 0 Å². The lowest BCUT2D eigenvalue weighted by Gasteiger charge is -2.21. The Bertz CT molecular complexity index is 763. The van der Waals surface area contributed by atoms with Crippen molar-refractivity contribution in [3.05, 3.63) is 47.8 Å². The number of fused-ring (bicyclic) bond motifs is 2. The maximum absolute atomic E-state index is 12.9. The Morgan fingerprint density at radius 3 is 2.91 bits per heavy atom. The van der Waals surface area contributed by atoms with Crippen molar-refractivity contribution in [1.29, 1.82) is 0 Å². The largest absolute Gasteiger partial charge is 0.338 e. The summed E-state index contributed by atoms with van der Waals surface area (Å²) in [5, 5.41) is 0. The number of benzene rings is 1. The molecule has 0 N–H and O–H groups in total. The van der Waals surface area contributed by atoms with Crippen molar-refractivity contribution in [3.8, 4) is 0 Å². The molecule has 1 amide bonds. The van der Waals surface area contributed by atoms with E-state index in [1.54, 1.807) is 12.4 Å². The maximum Gasteiger partial charge on any atom is 0.256 e. The van der Waals surface area contributed by atoms with Crippen LogP contribution in [0.1, 0.15) is 30.1 Å². The molecule has 1 aliphatic heterocycles. The number of carbonyl (C=O) groups excluding carboxylic acids is 1. The van der Waals surface area contributed by atoms with Gasteiger partial charge in [-0.05, 0) is 43.7 Å². The predicted molar refractivity (Wildman–Crippen MR) is 85.4 cm³/mol. The third-order valence-corrected chi connectivity index (χ3v) is 4.95. The number of aromatic nitrogens is 2. The fourth-order valence-electron chi connectivity index (χ4n) is 3.79. The number of nitrogens with zero attached hydrogens (tertiary/aromatic N) is 3. The fraction of sp³-hybridized carbons (Fsp3) is 0.389. The summed E-state index contributed by atoms with van der Waals surface area (Å²) in [6, 6.07) is 5.65. The number of allylic oxidation sites excluding steroid dienone is 2. The van der Waals surface area contributed by atoms with Crippen LogP contribution in [-0.2, 0) is 0 Å². The van der Waals surface area contributed by atoms with E-state index in [0.717, 1.165) is 31.4 Å². The molecule has 0 saturated carbocycles. The molecule has 4 heteroatoms. The second-order valence-corrected chi connectivity index (χ2v) is 6.45. The van der Waals surface area contributed by atoms with E-state index >= 15 is 0 Å². The summed E-state index contributed by atoms with van der Waals surface area (Å²) in [6.45, 7) is 3.93. The van der Waals surface area contributed by atoms with Crippen molar-refractivity contribution in [2.45, 2.75) is 19.8 Å². The van der Waals surface area contributed by atoms with Crippen molar-refractivity contribution in [1.82, 2.24) is 14.9 Å². The highest BCUT2D eigenvalue weighted by Gasteiger charge is 2.36. The van der Waals surface area contributed by atoms with Crippen LogP contribution in [0.2, 0.25) is 0 Å². The van der Waals surface area contributed by atoms with Gasteiger partial charge >= 0.3 is 0 Å². The second kappa shape index (κ2) is 5.20. The van der Waals surface area contributed by atoms with Crippen molar-refractivity contribution < 1.29 is 4.79 Å². The monoisotopic (exact) mass is 293 g/mol. The summed E-state index contributed by atoms with van der Waals surface area (Å²) in [7, 11) is 0. The lowest BCUT2D eigenvalue weighted by molar-refractivity contribution is 0.0786. The van der Waals surface area contributed by atoms with Gasteiger partial charge in [-0.2, -0.15) is 0 Å². The van der Waals surface area contributed by atoms with Crippen LogP contribution in [0.4, 0.5) is 0 Å². The Labute approximate surface area is 129 Å². The number of hydrogen-bond acceptors (Lipinski definition) is 3. The average Bonchev–Trinajstić information content (AvgIpc) is 2.96. The van der Waals surface area contributed by atoms with Crippen LogP contribution < -0.4 is 0 Å². The molecule has 4 nitrogen and oxygen atoms in total. The Balaban J connectivity index is 1.62. The van der Waals surface area contributed by atoms with Gasteiger partial charge in [0.05, 0.1) is 11.1 Å². The molecular weight excluding hydrogens is 274 g/mol. The molecule has 0 radical (unpaired) electrons. The van der Waals surface area contributed by atoms with Crippen LogP contribution in [0, 0.1) is 11.8 Å². The third-order valence-electron chi connectivity index (χ3n) is 4.95. The Morgan fingerprint density at radius 2 is 2.00 bits per heavy atom. The Hall–Kier alpha value is -2.23. The summed E-state index contributed by atoms with van der Waals surface area (Å²) in [5.74, 6) is 1.34. The molecule has 1 fully saturated rings. The summed E-state index contributed by atoms with van der Waals surface area (Å²) in [4.78, 5) is 23.6. The molecule has 22 heavy (non-hydrogen) atoms. The van der Waals surface area contributed by atoms with Crippen molar-refractivity contribution >= 4 is 16.9 Å². The van der Waals surface area contributed by atoms with Gasteiger partial charge in [-0.3, -0.25) is 14.8 Å². The molecule has 2 atom stereocenters. The molecule has 112 valence electrons. The SMILES string of the molecule is CC1=CC[C@@H]2CN(C(=O)c3cccc4nccnc34)C[C@@H]2C1.